The molecule has 0 aromatic heterocycles. The van der Waals surface area contributed by atoms with E-state index in [4.69, 9.17) is 4.74 Å². The highest BCUT2D eigenvalue weighted by molar-refractivity contribution is 5.95. The zero-order valence-electron chi connectivity index (χ0n) is 31.5. The summed E-state index contributed by atoms with van der Waals surface area (Å²) in [7, 11) is 1.47. The Labute approximate surface area is 306 Å². The first kappa shape index (κ1) is 39.6. The smallest absolute Gasteiger partial charge is 0.410 e. The van der Waals surface area contributed by atoms with Gasteiger partial charge < -0.3 is 25.0 Å². The van der Waals surface area contributed by atoms with Crippen LogP contribution < -0.4 is 5.32 Å². The Balaban J connectivity index is 1.67. The first-order chi connectivity index (χ1) is 24.4. The van der Waals surface area contributed by atoms with Crippen molar-refractivity contribution >= 4 is 29.8 Å². The van der Waals surface area contributed by atoms with E-state index in [1.54, 1.807) is 49.6 Å². The lowest BCUT2D eigenvalue weighted by atomic mass is 9.84. The summed E-state index contributed by atoms with van der Waals surface area (Å²) >= 11 is 0. The third kappa shape index (κ3) is 10.2. The molecular formula is C41H52N4O7. The van der Waals surface area contributed by atoms with E-state index < -0.39 is 53.0 Å². The highest BCUT2D eigenvalue weighted by atomic mass is 16.6. The summed E-state index contributed by atoms with van der Waals surface area (Å²) in [5.74, 6) is -2.23. The molecule has 4 amide bonds. The molecule has 0 fully saturated rings. The van der Waals surface area contributed by atoms with Crippen LogP contribution in [0.4, 0.5) is 4.79 Å². The molecule has 3 aromatic rings. The van der Waals surface area contributed by atoms with Crippen molar-refractivity contribution in [1.29, 1.82) is 0 Å². The quantitative estimate of drug-likeness (QED) is 0.261. The van der Waals surface area contributed by atoms with Crippen molar-refractivity contribution < 1.29 is 33.8 Å². The number of likely N-dealkylation sites (N-methyl/N-ethyl adjacent to an activating group) is 1. The predicted octanol–water partition coefficient (Wildman–Crippen LogP) is 5.70. The Hall–Kier alpha value is -5.19. The van der Waals surface area contributed by atoms with Crippen molar-refractivity contribution in [2.24, 2.45) is 5.41 Å². The molecule has 11 nitrogen and oxygen atoms in total. The summed E-state index contributed by atoms with van der Waals surface area (Å²) in [6.07, 6.45) is 0.185. The largest absolute Gasteiger partial charge is 0.478 e. The van der Waals surface area contributed by atoms with E-state index in [-0.39, 0.29) is 31.0 Å². The molecule has 0 spiro atoms. The molecule has 2 N–H and O–H groups in total. The minimum Gasteiger partial charge on any atom is -0.478 e. The molecule has 52 heavy (non-hydrogen) atoms. The fraction of sp³-hybridized carbons (Fsp3) is 0.439. The molecule has 0 aliphatic carbocycles. The molecule has 278 valence electrons. The molecule has 4 rings (SSSR count). The van der Waals surface area contributed by atoms with Gasteiger partial charge in [-0.25, -0.2) is 9.59 Å². The average molecular weight is 713 g/mol. The van der Waals surface area contributed by atoms with E-state index in [0.29, 0.717) is 13.0 Å². The maximum Gasteiger partial charge on any atom is 0.410 e. The van der Waals surface area contributed by atoms with Crippen LogP contribution in [0.3, 0.4) is 0 Å². The number of amides is 4. The molecule has 3 atom stereocenters. The number of aromatic carboxylic acids is 1. The lowest BCUT2D eigenvalue weighted by Crippen LogP contribution is -2.62. The maximum absolute atomic E-state index is 14.8. The number of fused-ring (bicyclic) bond motifs is 1. The van der Waals surface area contributed by atoms with E-state index in [2.05, 4.69) is 5.32 Å². The van der Waals surface area contributed by atoms with Crippen LogP contribution in [0.25, 0.3) is 0 Å². The van der Waals surface area contributed by atoms with Crippen molar-refractivity contribution in [2.75, 3.05) is 13.6 Å². The minimum atomic E-state index is -1.04. The van der Waals surface area contributed by atoms with Gasteiger partial charge in [-0.2, -0.15) is 0 Å². The molecular weight excluding hydrogens is 660 g/mol. The summed E-state index contributed by atoms with van der Waals surface area (Å²) in [5.41, 5.74) is 2.30. The number of hydrogen-bond donors (Lipinski definition) is 2. The molecule has 3 aromatic carbocycles. The number of nitrogens with zero attached hydrogens (tertiary/aromatic N) is 3. The van der Waals surface area contributed by atoms with Gasteiger partial charge in [0, 0.05) is 33.1 Å². The van der Waals surface area contributed by atoms with Gasteiger partial charge in [-0.3, -0.25) is 19.3 Å². The number of rotatable bonds is 11. The Bertz CT molecular complexity index is 1750. The third-order valence-corrected chi connectivity index (χ3v) is 9.26. The summed E-state index contributed by atoms with van der Waals surface area (Å²) in [6.45, 7) is 13.1. The number of carboxylic acids is 1. The van der Waals surface area contributed by atoms with Crippen LogP contribution in [0.15, 0.2) is 78.9 Å². The summed E-state index contributed by atoms with van der Waals surface area (Å²) < 4.78 is 5.45. The van der Waals surface area contributed by atoms with E-state index in [1.165, 1.54) is 24.1 Å². The Morgan fingerprint density at radius 2 is 1.46 bits per heavy atom. The van der Waals surface area contributed by atoms with Gasteiger partial charge in [-0.15, -0.1) is 0 Å². The summed E-state index contributed by atoms with van der Waals surface area (Å²) in [5, 5.41) is 12.3. The molecule has 0 bridgehead atoms. The predicted molar refractivity (Wildman–Crippen MR) is 198 cm³/mol. The van der Waals surface area contributed by atoms with Crippen LogP contribution in [0.1, 0.15) is 81.1 Å². The Morgan fingerprint density at radius 3 is 2.04 bits per heavy atom. The number of carboxylic acid groups (broad SMARTS) is 1. The van der Waals surface area contributed by atoms with E-state index in [1.807, 2.05) is 75.4 Å². The van der Waals surface area contributed by atoms with Gasteiger partial charge in [0.25, 0.3) is 0 Å². The van der Waals surface area contributed by atoms with Gasteiger partial charge in [0.05, 0.1) is 5.56 Å². The highest BCUT2D eigenvalue weighted by Crippen LogP contribution is 2.30. The fourth-order valence-electron chi connectivity index (χ4n) is 6.08. The first-order valence-electron chi connectivity index (χ1n) is 17.6. The third-order valence-electron chi connectivity index (χ3n) is 9.26. The van der Waals surface area contributed by atoms with Gasteiger partial charge in [0.2, 0.25) is 17.7 Å². The SMILES string of the molecule is CC(C(=O)NC(C(=O)N1Cc2ccccc2CC1C(=O)N(CCc1ccccc1)Cc1ccc(C(=O)O)cc1)C(C)(C)C)N(C)C(=O)OC(C)(C)C. The lowest BCUT2D eigenvalue weighted by molar-refractivity contribution is -0.151. The van der Waals surface area contributed by atoms with Crippen LogP contribution in [0.5, 0.6) is 0 Å². The molecule has 0 saturated carbocycles. The lowest BCUT2D eigenvalue weighted by Gasteiger charge is -2.42. The van der Waals surface area contributed by atoms with Gasteiger partial charge in [-0.1, -0.05) is 87.5 Å². The molecule has 0 saturated heterocycles. The van der Waals surface area contributed by atoms with Crippen molar-refractivity contribution in [3.05, 3.63) is 107 Å². The van der Waals surface area contributed by atoms with Gasteiger partial charge in [0.1, 0.15) is 23.7 Å². The number of ether oxygens (including phenoxy) is 1. The van der Waals surface area contributed by atoms with Crippen LogP contribution in [0, 0.1) is 5.41 Å². The molecule has 1 aliphatic rings. The van der Waals surface area contributed by atoms with Crippen LogP contribution >= 0.6 is 0 Å². The average Bonchev–Trinajstić information content (AvgIpc) is 3.09. The number of benzene rings is 3. The normalized spacial score (nSPS) is 15.5. The van der Waals surface area contributed by atoms with E-state index in [9.17, 15) is 29.1 Å². The topological polar surface area (TPSA) is 137 Å². The first-order valence-corrected chi connectivity index (χ1v) is 17.6. The zero-order chi connectivity index (χ0) is 38.4. The fourth-order valence-corrected chi connectivity index (χ4v) is 6.08. The Morgan fingerprint density at radius 1 is 0.865 bits per heavy atom. The van der Waals surface area contributed by atoms with Gasteiger partial charge >= 0.3 is 12.1 Å². The van der Waals surface area contributed by atoms with Crippen molar-refractivity contribution in [3.8, 4) is 0 Å². The van der Waals surface area contributed by atoms with Crippen LogP contribution in [-0.2, 0) is 45.1 Å². The molecule has 3 unspecified atom stereocenters. The number of carbonyl (C=O) groups excluding carboxylic acids is 4. The van der Waals surface area contributed by atoms with Crippen LogP contribution in [0.2, 0.25) is 0 Å². The molecule has 1 heterocycles. The number of hydrogen-bond acceptors (Lipinski definition) is 6. The van der Waals surface area contributed by atoms with Crippen molar-refractivity contribution in [3.63, 3.8) is 0 Å². The Kier molecular flexibility index (Phi) is 12.5. The number of carbonyl (C=O) groups is 5. The summed E-state index contributed by atoms with van der Waals surface area (Å²) in [4.78, 5) is 72.0. The maximum atomic E-state index is 14.8. The van der Waals surface area contributed by atoms with Gasteiger partial charge in [0.15, 0.2) is 0 Å². The van der Waals surface area contributed by atoms with E-state index in [0.717, 1.165) is 22.3 Å². The second-order valence-corrected chi connectivity index (χ2v) is 15.5. The van der Waals surface area contributed by atoms with E-state index >= 15 is 0 Å². The van der Waals surface area contributed by atoms with Crippen molar-refractivity contribution in [1.82, 2.24) is 20.0 Å². The highest BCUT2D eigenvalue weighted by Gasteiger charge is 2.44. The van der Waals surface area contributed by atoms with Crippen molar-refractivity contribution in [2.45, 2.75) is 98.1 Å². The second kappa shape index (κ2) is 16.4. The van der Waals surface area contributed by atoms with Gasteiger partial charge in [-0.05, 0) is 73.9 Å². The molecule has 1 aliphatic heterocycles. The molecule has 0 radical (unpaired) electrons. The second-order valence-electron chi connectivity index (χ2n) is 15.5. The monoisotopic (exact) mass is 712 g/mol. The zero-order valence-corrected chi connectivity index (χ0v) is 31.5. The summed E-state index contributed by atoms with van der Waals surface area (Å²) in [6, 6.07) is 21.1. The molecule has 11 heteroatoms. The minimum absolute atomic E-state index is 0.147. The van der Waals surface area contributed by atoms with Crippen LogP contribution in [-0.4, -0.2) is 86.9 Å². The number of nitrogens with one attached hydrogen (secondary N) is 1. The standard InChI is InChI=1S/C41H52N4O7/c1-27(43(8)39(51)52-41(5,6)7)35(46)42-34(40(2,3)4)37(48)45-26-32-17-13-12-16-31(32)24-33(45)36(47)44(23-22-28-14-10-9-11-15-28)25-29-18-20-30(21-19-29)38(49)50/h9-21,27,33-34H,22-26H2,1-8H3,(H,42,46)(H,49,50).